The first-order valence-corrected chi connectivity index (χ1v) is 7.96. The summed E-state index contributed by atoms with van der Waals surface area (Å²) in [7, 11) is 0. The van der Waals surface area contributed by atoms with E-state index in [2.05, 4.69) is 22.0 Å². The number of likely N-dealkylation sites (tertiary alicyclic amines) is 2. The first-order chi connectivity index (χ1) is 9.24. The fourth-order valence-electron chi connectivity index (χ4n) is 4.00. The molecule has 20 heavy (non-hydrogen) atoms. The van der Waals surface area contributed by atoms with E-state index in [4.69, 9.17) is 0 Å². The lowest BCUT2D eigenvalue weighted by Gasteiger charge is -2.38. The van der Waals surface area contributed by atoms with Gasteiger partial charge in [-0.3, -0.25) is 9.69 Å². The molecule has 3 fully saturated rings. The van der Waals surface area contributed by atoms with Gasteiger partial charge in [0.15, 0.2) is 0 Å². The molecule has 0 aromatic heterocycles. The molecule has 1 amide bonds. The maximum Gasteiger partial charge on any atom is 0.236 e. The van der Waals surface area contributed by atoms with Crippen LogP contribution in [-0.2, 0) is 4.79 Å². The molecular weight excluding hydrogens is 274 g/mol. The monoisotopic (exact) mass is 301 g/mol. The number of halogens is 1. The molecular formula is C15H28ClN3O. The maximum absolute atomic E-state index is 12.4. The average Bonchev–Trinajstić information content (AvgIpc) is 2.86. The third-order valence-electron chi connectivity index (χ3n) is 5.27. The summed E-state index contributed by atoms with van der Waals surface area (Å²) in [5, 5.41) is 3.49. The highest BCUT2D eigenvalue weighted by atomic mass is 35.5. The molecule has 0 spiro atoms. The molecule has 0 radical (unpaired) electrons. The van der Waals surface area contributed by atoms with Crippen LogP contribution in [0.25, 0.3) is 0 Å². The number of nitrogens with zero attached hydrogens (tertiary/aromatic N) is 2. The molecule has 0 aromatic rings. The van der Waals surface area contributed by atoms with E-state index >= 15 is 0 Å². The van der Waals surface area contributed by atoms with Gasteiger partial charge in [-0.2, -0.15) is 0 Å². The Hall–Kier alpha value is -0.320. The van der Waals surface area contributed by atoms with Gasteiger partial charge in [0.25, 0.3) is 0 Å². The standard InChI is InChI=1S/C15H27N3O.ClH/c1-12-4-2-3-6-18(12)15(19)11-17-7-5-13-8-16-9-14(13)10-17;/h12-14,16H,2-11H2,1H3;1H. The SMILES string of the molecule is CC1CCCCN1C(=O)CN1CCC2CNCC2C1.Cl. The van der Waals surface area contributed by atoms with E-state index in [1.165, 1.54) is 32.2 Å². The zero-order valence-electron chi connectivity index (χ0n) is 12.5. The van der Waals surface area contributed by atoms with Crippen LogP contribution in [0.1, 0.15) is 32.6 Å². The topological polar surface area (TPSA) is 35.6 Å². The molecule has 3 aliphatic heterocycles. The summed E-state index contributed by atoms with van der Waals surface area (Å²) in [6.07, 6.45) is 4.91. The second-order valence-electron chi connectivity index (χ2n) is 6.63. The minimum atomic E-state index is 0. The molecule has 0 aliphatic carbocycles. The largest absolute Gasteiger partial charge is 0.339 e. The molecule has 3 aliphatic rings. The van der Waals surface area contributed by atoms with Crippen LogP contribution in [0.3, 0.4) is 0 Å². The molecule has 3 saturated heterocycles. The number of fused-ring (bicyclic) bond motifs is 1. The fourth-order valence-corrected chi connectivity index (χ4v) is 4.00. The van der Waals surface area contributed by atoms with Gasteiger partial charge >= 0.3 is 0 Å². The number of carbonyl (C=O) groups excluding carboxylic acids is 1. The summed E-state index contributed by atoms with van der Waals surface area (Å²) < 4.78 is 0. The molecule has 3 unspecified atom stereocenters. The lowest BCUT2D eigenvalue weighted by atomic mass is 9.89. The molecule has 3 heterocycles. The normalized spacial score (nSPS) is 34.5. The first-order valence-electron chi connectivity index (χ1n) is 7.96. The Balaban J connectivity index is 0.00000147. The van der Waals surface area contributed by atoms with Gasteiger partial charge in [-0.25, -0.2) is 0 Å². The number of piperidine rings is 2. The van der Waals surface area contributed by atoms with E-state index in [0.29, 0.717) is 18.5 Å². The Morgan fingerprint density at radius 2 is 1.95 bits per heavy atom. The molecule has 3 atom stereocenters. The highest BCUT2D eigenvalue weighted by Gasteiger charge is 2.34. The van der Waals surface area contributed by atoms with Crippen LogP contribution in [0.2, 0.25) is 0 Å². The molecule has 0 aromatic carbocycles. The van der Waals surface area contributed by atoms with E-state index < -0.39 is 0 Å². The predicted molar refractivity (Wildman–Crippen MR) is 83.2 cm³/mol. The van der Waals surface area contributed by atoms with E-state index in [-0.39, 0.29) is 12.4 Å². The molecule has 3 rings (SSSR count). The smallest absolute Gasteiger partial charge is 0.236 e. The number of nitrogens with one attached hydrogen (secondary N) is 1. The van der Waals surface area contributed by atoms with E-state index in [1.807, 2.05) is 0 Å². The zero-order chi connectivity index (χ0) is 13.2. The third kappa shape index (κ3) is 3.46. The van der Waals surface area contributed by atoms with Crippen molar-refractivity contribution in [1.82, 2.24) is 15.1 Å². The number of amides is 1. The molecule has 5 heteroatoms. The van der Waals surface area contributed by atoms with Crippen LogP contribution in [0.4, 0.5) is 0 Å². The Bertz CT molecular complexity index is 339. The predicted octanol–water partition coefficient (Wildman–Crippen LogP) is 1.35. The van der Waals surface area contributed by atoms with Gasteiger partial charge in [0, 0.05) is 19.1 Å². The van der Waals surface area contributed by atoms with Crippen LogP contribution in [0, 0.1) is 11.8 Å². The number of carbonyl (C=O) groups is 1. The summed E-state index contributed by atoms with van der Waals surface area (Å²) in [6.45, 7) is 8.38. The van der Waals surface area contributed by atoms with Crippen LogP contribution in [-0.4, -0.2) is 61.0 Å². The number of hydrogen-bond acceptors (Lipinski definition) is 3. The van der Waals surface area contributed by atoms with E-state index in [1.54, 1.807) is 0 Å². The van der Waals surface area contributed by atoms with Gasteiger partial charge in [-0.15, -0.1) is 12.4 Å². The van der Waals surface area contributed by atoms with Crippen molar-refractivity contribution >= 4 is 18.3 Å². The van der Waals surface area contributed by atoms with Crippen molar-refractivity contribution in [3.8, 4) is 0 Å². The minimum absolute atomic E-state index is 0. The summed E-state index contributed by atoms with van der Waals surface area (Å²) in [4.78, 5) is 16.9. The van der Waals surface area contributed by atoms with Crippen LogP contribution < -0.4 is 5.32 Å². The Labute approximate surface area is 128 Å². The summed E-state index contributed by atoms with van der Waals surface area (Å²) in [5.41, 5.74) is 0. The second kappa shape index (κ2) is 7.10. The van der Waals surface area contributed by atoms with Crippen molar-refractivity contribution < 1.29 is 4.79 Å². The molecule has 0 bridgehead atoms. The van der Waals surface area contributed by atoms with Crippen molar-refractivity contribution in [2.24, 2.45) is 11.8 Å². The quantitative estimate of drug-likeness (QED) is 0.836. The zero-order valence-corrected chi connectivity index (χ0v) is 13.3. The van der Waals surface area contributed by atoms with Crippen molar-refractivity contribution in [3.05, 3.63) is 0 Å². The highest BCUT2D eigenvalue weighted by molar-refractivity contribution is 5.85. The fraction of sp³-hybridized carbons (Fsp3) is 0.933. The van der Waals surface area contributed by atoms with Crippen LogP contribution in [0.5, 0.6) is 0 Å². The molecule has 0 saturated carbocycles. The Morgan fingerprint density at radius 3 is 2.75 bits per heavy atom. The lowest BCUT2D eigenvalue weighted by Crippen LogP contribution is -2.49. The Kier molecular flexibility index (Phi) is 5.70. The first kappa shape index (κ1) is 16.1. The molecule has 1 N–H and O–H groups in total. The van der Waals surface area contributed by atoms with Crippen LogP contribution in [0.15, 0.2) is 0 Å². The summed E-state index contributed by atoms with van der Waals surface area (Å²) in [6, 6.07) is 0.451. The summed E-state index contributed by atoms with van der Waals surface area (Å²) >= 11 is 0. The van der Waals surface area contributed by atoms with Gasteiger partial charge < -0.3 is 10.2 Å². The van der Waals surface area contributed by atoms with Gasteiger partial charge in [-0.05, 0) is 64.1 Å². The molecule has 4 nitrogen and oxygen atoms in total. The average molecular weight is 302 g/mol. The van der Waals surface area contributed by atoms with Gasteiger partial charge in [0.2, 0.25) is 5.91 Å². The number of hydrogen-bond donors (Lipinski definition) is 1. The van der Waals surface area contributed by atoms with Crippen molar-refractivity contribution in [1.29, 1.82) is 0 Å². The second-order valence-corrected chi connectivity index (χ2v) is 6.63. The van der Waals surface area contributed by atoms with Crippen molar-refractivity contribution in [3.63, 3.8) is 0 Å². The highest BCUT2D eigenvalue weighted by Crippen LogP contribution is 2.26. The maximum atomic E-state index is 12.4. The van der Waals surface area contributed by atoms with E-state index in [0.717, 1.165) is 38.0 Å². The third-order valence-corrected chi connectivity index (χ3v) is 5.27. The van der Waals surface area contributed by atoms with E-state index in [9.17, 15) is 4.79 Å². The lowest BCUT2D eigenvalue weighted by molar-refractivity contribution is -0.136. The van der Waals surface area contributed by atoms with Gasteiger partial charge in [-0.1, -0.05) is 0 Å². The van der Waals surface area contributed by atoms with Gasteiger partial charge in [0.05, 0.1) is 6.54 Å². The summed E-state index contributed by atoms with van der Waals surface area (Å²) in [5.74, 6) is 2.00. The van der Waals surface area contributed by atoms with Crippen LogP contribution >= 0.6 is 12.4 Å². The Morgan fingerprint density at radius 1 is 1.15 bits per heavy atom. The van der Waals surface area contributed by atoms with Gasteiger partial charge in [0.1, 0.15) is 0 Å². The van der Waals surface area contributed by atoms with Crippen molar-refractivity contribution in [2.45, 2.75) is 38.6 Å². The molecule has 116 valence electrons. The minimum Gasteiger partial charge on any atom is -0.339 e. The van der Waals surface area contributed by atoms with Crippen molar-refractivity contribution in [2.75, 3.05) is 39.3 Å². The number of rotatable bonds is 2.